The number of hydrogen-bond acceptors (Lipinski definition) is 4. The lowest BCUT2D eigenvalue weighted by Crippen LogP contribution is -2.68. The van der Waals surface area contributed by atoms with Crippen LogP contribution in [0.1, 0.15) is 44.2 Å². The number of nitrogens with zero attached hydrogens (tertiary/aromatic N) is 1. The summed E-state index contributed by atoms with van der Waals surface area (Å²) in [5.41, 5.74) is 0.910. The highest BCUT2D eigenvalue weighted by molar-refractivity contribution is 5.80. The highest BCUT2D eigenvalue weighted by Gasteiger charge is 2.67. The summed E-state index contributed by atoms with van der Waals surface area (Å²) >= 11 is 0. The number of rotatable bonds is 3. The standard InChI is InChI=1S/C21H30N2O3/c1-13(2)12-22-19(25)15-10-20-6-7-23(3)18(21(20,26)11-15)8-14-4-5-16(24)9-17(14)20/h4-5,9,13,15,18,24,26H,6-8,10-12H2,1-3H3,(H,22,25)/t15-,18+,20+,21+/m0/s1. The summed E-state index contributed by atoms with van der Waals surface area (Å²) in [6.07, 6.45) is 2.75. The van der Waals surface area contributed by atoms with Crippen LogP contribution in [0.15, 0.2) is 18.2 Å². The maximum absolute atomic E-state index is 12.8. The maximum Gasteiger partial charge on any atom is 0.223 e. The van der Waals surface area contributed by atoms with E-state index in [4.69, 9.17) is 0 Å². The summed E-state index contributed by atoms with van der Waals surface area (Å²) in [6, 6.07) is 5.58. The van der Waals surface area contributed by atoms with Crippen LogP contribution in [0, 0.1) is 11.8 Å². The summed E-state index contributed by atoms with van der Waals surface area (Å²) in [6.45, 7) is 5.74. The summed E-state index contributed by atoms with van der Waals surface area (Å²) in [5.74, 6) is 0.532. The second kappa shape index (κ2) is 5.96. The van der Waals surface area contributed by atoms with Crippen LogP contribution in [0.25, 0.3) is 0 Å². The van der Waals surface area contributed by atoms with Gasteiger partial charge in [-0.1, -0.05) is 19.9 Å². The molecule has 1 aromatic rings. The van der Waals surface area contributed by atoms with Crippen molar-refractivity contribution in [3.05, 3.63) is 29.3 Å². The Morgan fingerprint density at radius 2 is 2.15 bits per heavy atom. The molecule has 3 aliphatic rings. The van der Waals surface area contributed by atoms with Crippen molar-refractivity contribution in [2.24, 2.45) is 11.8 Å². The first-order valence-electron chi connectivity index (χ1n) is 9.79. The van der Waals surface area contributed by atoms with Crippen molar-refractivity contribution in [1.82, 2.24) is 10.2 Å². The van der Waals surface area contributed by atoms with Gasteiger partial charge in [0.1, 0.15) is 5.75 Å². The van der Waals surface area contributed by atoms with Crippen LogP contribution in [0.2, 0.25) is 0 Å². The number of aliphatic hydroxyl groups is 1. The molecular formula is C21H30N2O3. The Morgan fingerprint density at radius 1 is 1.38 bits per heavy atom. The molecule has 26 heavy (non-hydrogen) atoms. The number of aromatic hydroxyl groups is 1. The molecule has 3 N–H and O–H groups in total. The van der Waals surface area contributed by atoms with Crippen LogP contribution in [0.4, 0.5) is 0 Å². The van der Waals surface area contributed by atoms with Crippen molar-refractivity contribution in [3.63, 3.8) is 0 Å². The SMILES string of the molecule is CC(C)CNC(=O)[C@H]1C[C@]23CCN(C)[C@H](Cc4ccc(O)cc42)[C@]3(O)C1. The predicted molar refractivity (Wildman–Crippen MR) is 100 cm³/mol. The van der Waals surface area contributed by atoms with Gasteiger partial charge in [0.15, 0.2) is 0 Å². The van der Waals surface area contributed by atoms with Crippen molar-refractivity contribution < 1.29 is 15.0 Å². The molecule has 142 valence electrons. The zero-order chi connectivity index (χ0) is 18.7. The molecule has 1 aliphatic heterocycles. The number of amides is 1. The smallest absolute Gasteiger partial charge is 0.223 e. The summed E-state index contributed by atoms with van der Waals surface area (Å²) in [4.78, 5) is 15.0. The lowest BCUT2D eigenvalue weighted by Gasteiger charge is -2.58. The highest BCUT2D eigenvalue weighted by atomic mass is 16.3. The first-order valence-corrected chi connectivity index (χ1v) is 9.79. The van der Waals surface area contributed by atoms with E-state index in [-0.39, 0.29) is 23.6 Å². The van der Waals surface area contributed by atoms with Gasteiger partial charge in [-0.25, -0.2) is 0 Å². The third kappa shape index (κ3) is 2.40. The molecule has 2 fully saturated rings. The quantitative estimate of drug-likeness (QED) is 0.770. The fraction of sp³-hybridized carbons (Fsp3) is 0.667. The summed E-state index contributed by atoms with van der Waals surface area (Å²) in [7, 11) is 2.07. The van der Waals surface area contributed by atoms with E-state index in [9.17, 15) is 15.0 Å². The fourth-order valence-electron chi connectivity index (χ4n) is 5.73. The lowest BCUT2D eigenvalue weighted by atomic mass is 9.56. The van der Waals surface area contributed by atoms with E-state index in [1.54, 1.807) is 6.07 Å². The number of hydrogen-bond donors (Lipinski definition) is 3. The average Bonchev–Trinajstić information content (AvgIpc) is 2.92. The third-order valence-electron chi connectivity index (χ3n) is 7.03. The van der Waals surface area contributed by atoms with E-state index >= 15 is 0 Å². The van der Waals surface area contributed by atoms with Crippen LogP contribution in [0.3, 0.4) is 0 Å². The van der Waals surface area contributed by atoms with Crippen molar-refractivity contribution in [1.29, 1.82) is 0 Å². The molecule has 4 atom stereocenters. The van der Waals surface area contributed by atoms with Crippen molar-refractivity contribution in [2.45, 2.75) is 56.6 Å². The molecule has 5 nitrogen and oxygen atoms in total. The maximum atomic E-state index is 12.8. The number of piperidine rings is 1. The highest BCUT2D eigenvalue weighted by Crippen LogP contribution is 2.61. The Kier molecular flexibility index (Phi) is 4.08. The molecule has 1 saturated carbocycles. The van der Waals surface area contributed by atoms with E-state index < -0.39 is 11.0 Å². The van der Waals surface area contributed by atoms with E-state index in [0.717, 1.165) is 24.9 Å². The Bertz CT molecular complexity index is 734. The summed E-state index contributed by atoms with van der Waals surface area (Å²) < 4.78 is 0. The molecule has 1 heterocycles. The van der Waals surface area contributed by atoms with E-state index in [0.29, 0.717) is 25.3 Å². The first kappa shape index (κ1) is 17.8. The molecular weight excluding hydrogens is 328 g/mol. The largest absolute Gasteiger partial charge is 0.508 e. The number of likely N-dealkylation sites (tertiary alicyclic amines) is 1. The van der Waals surface area contributed by atoms with Crippen LogP contribution >= 0.6 is 0 Å². The van der Waals surface area contributed by atoms with E-state index in [1.165, 1.54) is 5.56 Å². The average molecular weight is 358 g/mol. The van der Waals surface area contributed by atoms with Gasteiger partial charge in [0, 0.05) is 23.9 Å². The molecule has 1 amide bonds. The van der Waals surface area contributed by atoms with Crippen LogP contribution in [0.5, 0.6) is 5.75 Å². The van der Waals surface area contributed by atoms with Gasteiger partial charge in [0.2, 0.25) is 5.91 Å². The van der Waals surface area contributed by atoms with Gasteiger partial charge in [-0.05, 0) is 68.5 Å². The van der Waals surface area contributed by atoms with Gasteiger partial charge in [-0.15, -0.1) is 0 Å². The Labute approximate surface area is 155 Å². The Balaban J connectivity index is 1.74. The molecule has 5 heteroatoms. The number of likely N-dealkylation sites (N-methyl/N-ethyl adjacent to an activating group) is 1. The number of phenolic OH excluding ortho intramolecular Hbond substituents is 1. The Morgan fingerprint density at radius 3 is 2.88 bits per heavy atom. The van der Waals surface area contributed by atoms with Crippen molar-refractivity contribution >= 4 is 5.91 Å². The van der Waals surface area contributed by atoms with Crippen molar-refractivity contribution in [3.8, 4) is 5.75 Å². The first-order chi connectivity index (χ1) is 12.3. The fourth-order valence-corrected chi connectivity index (χ4v) is 5.73. The molecule has 0 aromatic heterocycles. The molecule has 0 unspecified atom stereocenters. The van der Waals surface area contributed by atoms with E-state index in [2.05, 4.69) is 31.1 Å². The number of nitrogens with one attached hydrogen (secondary N) is 1. The molecule has 1 aromatic carbocycles. The third-order valence-corrected chi connectivity index (χ3v) is 7.03. The van der Waals surface area contributed by atoms with Gasteiger partial charge < -0.3 is 20.4 Å². The van der Waals surface area contributed by atoms with Gasteiger partial charge in [-0.3, -0.25) is 4.79 Å². The lowest BCUT2D eigenvalue weighted by molar-refractivity contribution is -0.129. The van der Waals surface area contributed by atoms with Gasteiger partial charge in [0.05, 0.1) is 5.60 Å². The minimum absolute atomic E-state index is 0.0243. The summed E-state index contributed by atoms with van der Waals surface area (Å²) in [5, 5.41) is 25.0. The predicted octanol–water partition coefficient (Wildman–Crippen LogP) is 1.80. The zero-order valence-corrected chi connectivity index (χ0v) is 16.0. The van der Waals surface area contributed by atoms with Crippen LogP contribution < -0.4 is 5.32 Å². The molecule has 0 spiro atoms. The molecule has 2 bridgehead atoms. The number of carbonyl (C=O) groups is 1. The number of benzene rings is 1. The Hall–Kier alpha value is -1.59. The number of fused-ring (bicyclic) bond motifs is 1. The minimum atomic E-state index is -0.916. The van der Waals surface area contributed by atoms with Gasteiger partial charge >= 0.3 is 0 Å². The monoisotopic (exact) mass is 358 g/mol. The van der Waals surface area contributed by atoms with Gasteiger partial charge in [0.25, 0.3) is 0 Å². The number of carbonyl (C=O) groups excluding carboxylic acids is 1. The molecule has 0 radical (unpaired) electrons. The normalized spacial score (nSPS) is 35.9. The molecule has 4 rings (SSSR count). The van der Waals surface area contributed by atoms with Crippen LogP contribution in [-0.2, 0) is 16.6 Å². The number of phenols is 1. The van der Waals surface area contributed by atoms with E-state index in [1.807, 2.05) is 12.1 Å². The van der Waals surface area contributed by atoms with Crippen molar-refractivity contribution in [2.75, 3.05) is 20.1 Å². The zero-order valence-electron chi connectivity index (χ0n) is 16.0. The molecule has 2 aliphatic carbocycles. The second-order valence-corrected chi connectivity index (χ2v) is 9.04. The second-order valence-electron chi connectivity index (χ2n) is 9.04. The minimum Gasteiger partial charge on any atom is -0.508 e. The van der Waals surface area contributed by atoms with Crippen LogP contribution in [-0.4, -0.2) is 52.8 Å². The van der Waals surface area contributed by atoms with Gasteiger partial charge in [-0.2, -0.15) is 0 Å². The molecule has 1 saturated heterocycles. The topological polar surface area (TPSA) is 72.8 Å².